The first-order chi connectivity index (χ1) is 10.1. The standard InChI is InChI=1S/C18H36O3Si/c1-8-20-17(19)15-13-11-9-10-12-14-16(2)21-22(6,7)18(3,4)5/h13,15-16H,8-12,14H2,1-7H3/b15-13+/t16-/m0/s1. The first-order valence-electron chi connectivity index (χ1n) is 8.61. The predicted molar refractivity (Wildman–Crippen MR) is 96.6 cm³/mol. The van der Waals surface area contributed by atoms with Gasteiger partial charge in [-0.05, 0) is 51.2 Å². The summed E-state index contributed by atoms with van der Waals surface area (Å²) in [6, 6.07) is 0. The van der Waals surface area contributed by atoms with Crippen molar-refractivity contribution in [1.29, 1.82) is 0 Å². The maximum Gasteiger partial charge on any atom is 0.330 e. The minimum atomic E-state index is -1.63. The van der Waals surface area contributed by atoms with E-state index in [1.165, 1.54) is 18.9 Å². The second-order valence-corrected chi connectivity index (χ2v) is 12.2. The van der Waals surface area contributed by atoms with Crippen LogP contribution in [-0.2, 0) is 14.0 Å². The number of carbonyl (C=O) groups excluding carboxylic acids is 1. The highest BCUT2D eigenvalue weighted by atomic mass is 28.4. The Labute approximate surface area is 138 Å². The van der Waals surface area contributed by atoms with Crippen LogP contribution in [0.1, 0.15) is 66.7 Å². The van der Waals surface area contributed by atoms with Crippen molar-refractivity contribution in [2.75, 3.05) is 6.61 Å². The molecule has 0 saturated carbocycles. The third-order valence-electron chi connectivity index (χ3n) is 4.32. The van der Waals surface area contributed by atoms with Crippen LogP contribution in [0.25, 0.3) is 0 Å². The van der Waals surface area contributed by atoms with Gasteiger partial charge in [0.05, 0.1) is 6.61 Å². The lowest BCUT2D eigenvalue weighted by Crippen LogP contribution is -2.43. The number of hydrogen-bond donors (Lipinski definition) is 0. The fourth-order valence-corrected chi connectivity index (χ4v) is 3.46. The number of rotatable bonds is 10. The molecule has 0 aliphatic carbocycles. The molecule has 0 aromatic carbocycles. The van der Waals surface area contributed by atoms with Crippen LogP contribution in [0.3, 0.4) is 0 Å². The average molecular weight is 329 g/mol. The van der Waals surface area contributed by atoms with Gasteiger partial charge in [0.25, 0.3) is 0 Å². The van der Waals surface area contributed by atoms with E-state index in [1.54, 1.807) is 0 Å². The van der Waals surface area contributed by atoms with E-state index in [1.807, 2.05) is 13.0 Å². The van der Waals surface area contributed by atoms with Crippen molar-refractivity contribution in [1.82, 2.24) is 0 Å². The fourth-order valence-electron chi connectivity index (χ4n) is 1.98. The highest BCUT2D eigenvalue weighted by molar-refractivity contribution is 6.74. The Kier molecular flexibility index (Phi) is 9.93. The van der Waals surface area contributed by atoms with Crippen LogP contribution in [0.2, 0.25) is 18.1 Å². The van der Waals surface area contributed by atoms with Crippen molar-refractivity contribution in [2.45, 2.75) is 91.0 Å². The van der Waals surface area contributed by atoms with Gasteiger partial charge in [0.15, 0.2) is 8.32 Å². The van der Waals surface area contributed by atoms with Crippen LogP contribution in [0.15, 0.2) is 12.2 Å². The lowest BCUT2D eigenvalue weighted by atomic mass is 10.1. The van der Waals surface area contributed by atoms with E-state index < -0.39 is 8.32 Å². The van der Waals surface area contributed by atoms with Crippen LogP contribution < -0.4 is 0 Å². The smallest absolute Gasteiger partial charge is 0.330 e. The monoisotopic (exact) mass is 328 g/mol. The third-order valence-corrected chi connectivity index (χ3v) is 8.93. The van der Waals surface area contributed by atoms with E-state index in [2.05, 4.69) is 40.8 Å². The third kappa shape index (κ3) is 9.41. The van der Waals surface area contributed by atoms with Crippen LogP contribution in [-0.4, -0.2) is 27.0 Å². The van der Waals surface area contributed by atoms with Gasteiger partial charge in [-0.25, -0.2) is 4.79 Å². The number of esters is 1. The van der Waals surface area contributed by atoms with Gasteiger partial charge < -0.3 is 9.16 Å². The highest BCUT2D eigenvalue weighted by Gasteiger charge is 2.38. The van der Waals surface area contributed by atoms with Crippen LogP contribution in [0, 0.1) is 0 Å². The van der Waals surface area contributed by atoms with E-state index in [4.69, 9.17) is 9.16 Å². The molecule has 0 spiro atoms. The van der Waals surface area contributed by atoms with Gasteiger partial charge in [-0.1, -0.05) is 39.7 Å². The molecule has 0 N–H and O–H groups in total. The molecular formula is C18H36O3Si. The van der Waals surface area contributed by atoms with E-state index in [0.717, 1.165) is 19.3 Å². The maximum atomic E-state index is 11.1. The molecule has 4 heteroatoms. The molecule has 0 bridgehead atoms. The molecule has 1 atom stereocenters. The Hall–Kier alpha value is -0.613. The van der Waals surface area contributed by atoms with Gasteiger partial charge in [-0.2, -0.15) is 0 Å². The zero-order chi connectivity index (χ0) is 17.2. The van der Waals surface area contributed by atoms with Crippen molar-refractivity contribution in [3.63, 3.8) is 0 Å². The summed E-state index contributed by atoms with van der Waals surface area (Å²) in [5, 5.41) is 0.277. The minimum Gasteiger partial charge on any atom is -0.463 e. The lowest BCUT2D eigenvalue weighted by Gasteiger charge is -2.38. The Balaban J connectivity index is 3.78. The zero-order valence-electron chi connectivity index (χ0n) is 15.7. The Bertz CT molecular complexity index is 343. The molecule has 0 rings (SSSR count). The lowest BCUT2D eigenvalue weighted by molar-refractivity contribution is -0.137. The molecule has 0 radical (unpaired) electrons. The topological polar surface area (TPSA) is 35.5 Å². The summed E-state index contributed by atoms with van der Waals surface area (Å²) in [6.45, 7) is 15.9. The van der Waals surface area contributed by atoms with Crippen LogP contribution in [0.4, 0.5) is 0 Å². The van der Waals surface area contributed by atoms with Crippen molar-refractivity contribution in [3.8, 4) is 0 Å². The van der Waals surface area contributed by atoms with E-state index in [9.17, 15) is 4.79 Å². The summed E-state index contributed by atoms with van der Waals surface area (Å²) in [4.78, 5) is 11.1. The molecule has 0 saturated heterocycles. The summed E-state index contributed by atoms with van der Waals surface area (Å²) in [5.41, 5.74) is 0. The SMILES string of the molecule is CCOC(=O)/C=C/CCCCC[C@H](C)O[Si](C)(C)C(C)(C)C. The second kappa shape index (κ2) is 10.2. The number of carbonyl (C=O) groups is 1. The Morgan fingerprint density at radius 3 is 2.36 bits per heavy atom. The molecule has 22 heavy (non-hydrogen) atoms. The second-order valence-electron chi connectivity index (χ2n) is 7.48. The number of hydrogen-bond acceptors (Lipinski definition) is 3. The molecule has 0 aromatic heterocycles. The molecule has 3 nitrogen and oxygen atoms in total. The molecule has 0 amide bonds. The Morgan fingerprint density at radius 1 is 1.18 bits per heavy atom. The first kappa shape index (κ1) is 21.4. The minimum absolute atomic E-state index is 0.237. The number of ether oxygens (including phenoxy) is 1. The van der Waals surface area contributed by atoms with Crippen molar-refractivity contribution < 1.29 is 14.0 Å². The quantitative estimate of drug-likeness (QED) is 0.231. The molecule has 0 unspecified atom stereocenters. The summed E-state index contributed by atoms with van der Waals surface area (Å²) in [7, 11) is -1.63. The average Bonchev–Trinajstić information content (AvgIpc) is 2.36. The highest BCUT2D eigenvalue weighted by Crippen LogP contribution is 2.37. The van der Waals surface area contributed by atoms with Crippen molar-refractivity contribution in [2.24, 2.45) is 0 Å². The van der Waals surface area contributed by atoms with Gasteiger partial charge in [0.2, 0.25) is 0 Å². The largest absolute Gasteiger partial charge is 0.463 e. The maximum absolute atomic E-state index is 11.1. The molecule has 0 aliphatic rings. The van der Waals surface area contributed by atoms with E-state index >= 15 is 0 Å². The van der Waals surface area contributed by atoms with Crippen LogP contribution >= 0.6 is 0 Å². The van der Waals surface area contributed by atoms with Gasteiger partial charge in [-0.3, -0.25) is 0 Å². The van der Waals surface area contributed by atoms with Crippen LogP contribution in [0.5, 0.6) is 0 Å². The van der Waals surface area contributed by atoms with Gasteiger partial charge in [0, 0.05) is 12.2 Å². The van der Waals surface area contributed by atoms with E-state index in [0.29, 0.717) is 12.7 Å². The normalized spacial score (nSPS) is 14.3. The molecule has 0 heterocycles. The zero-order valence-corrected chi connectivity index (χ0v) is 16.7. The van der Waals surface area contributed by atoms with Gasteiger partial charge in [0.1, 0.15) is 0 Å². The van der Waals surface area contributed by atoms with Crippen molar-refractivity contribution in [3.05, 3.63) is 12.2 Å². The molecule has 0 aliphatic heterocycles. The summed E-state index contributed by atoms with van der Waals surface area (Å²) < 4.78 is 11.2. The molecule has 0 aromatic rings. The summed E-state index contributed by atoms with van der Waals surface area (Å²) >= 11 is 0. The molecular weight excluding hydrogens is 292 g/mol. The Morgan fingerprint density at radius 2 is 1.82 bits per heavy atom. The molecule has 130 valence electrons. The summed E-state index contributed by atoms with van der Waals surface area (Å²) in [6.07, 6.45) is 9.32. The van der Waals surface area contributed by atoms with Gasteiger partial charge in [-0.15, -0.1) is 0 Å². The summed E-state index contributed by atoms with van der Waals surface area (Å²) in [5.74, 6) is -0.237. The van der Waals surface area contributed by atoms with Crippen molar-refractivity contribution >= 4 is 14.3 Å². The number of unbranched alkanes of at least 4 members (excludes halogenated alkanes) is 3. The van der Waals surface area contributed by atoms with Gasteiger partial charge >= 0.3 is 5.97 Å². The number of allylic oxidation sites excluding steroid dienone is 1. The predicted octanol–water partition coefficient (Wildman–Crippen LogP) is 5.47. The fraction of sp³-hybridized carbons (Fsp3) is 0.833. The molecule has 0 fully saturated rings. The van der Waals surface area contributed by atoms with E-state index in [-0.39, 0.29) is 11.0 Å². The first-order valence-corrected chi connectivity index (χ1v) is 11.5.